The second-order valence-corrected chi connectivity index (χ2v) is 7.16. The monoisotopic (exact) mass is 417 g/mol. The molecule has 7 heteroatoms. The Morgan fingerprint density at radius 3 is 2.47 bits per heavy atom. The van der Waals surface area contributed by atoms with Gasteiger partial charge in [0.15, 0.2) is 5.43 Å². The van der Waals surface area contributed by atoms with Crippen molar-refractivity contribution in [2.45, 2.75) is 0 Å². The minimum Gasteiger partial charge on any atom is -0.508 e. The Hall–Kier alpha value is -3.97. The summed E-state index contributed by atoms with van der Waals surface area (Å²) in [5, 5.41) is 20.3. The standard InChI is InChI=1S/C23H15NO5S/c1-11(22(24)30)12-2-5-15(18(8-12)23(27)28)21-16-6-3-13(25)9-19(16)29-20-10-14(26)4-7-17(20)21/h2-10,25H,1H2,(H2,24,30)(H,27,28). The molecular weight excluding hydrogens is 402 g/mol. The molecule has 0 saturated heterocycles. The molecule has 4 rings (SSSR count). The number of carboxylic acid groups (broad SMARTS) is 1. The number of benzene rings is 3. The number of nitrogens with two attached hydrogens (primary N) is 1. The summed E-state index contributed by atoms with van der Waals surface area (Å²) in [6.45, 7) is 3.81. The van der Waals surface area contributed by atoms with Crippen LogP contribution in [0.5, 0.6) is 5.75 Å². The van der Waals surface area contributed by atoms with Gasteiger partial charge in [0.05, 0.1) is 5.56 Å². The number of phenols is 1. The van der Waals surface area contributed by atoms with Gasteiger partial charge in [-0.25, -0.2) is 4.79 Å². The first-order valence-corrected chi connectivity index (χ1v) is 9.23. The van der Waals surface area contributed by atoms with Gasteiger partial charge in [0.25, 0.3) is 0 Å². The molecule has 1 aliphatic heterocycles. The lowest BCUT2D eigenvalue weighted by atomic mass is 9.89. The second kappa shape index (κ2) is 7.13. The Bertz CT molecular complexity index is 1400. The Balaban J connectivity index is 2.12. The molecule has 0 unspecified atom stereocenters. The van der Waals surface area contributed by atoms with Gasteiger partial charge in [-0.15, -0.1) is 0 Å². The van der Waals surface area contributed by atoms with Gasteiger partial charge in [-0.05, 0) is 41.5 Å². The van der Waals surface area contributed by atoms with Crippen LogP contribution in [0.15, 0.2) is 70.4 Å². The number of thiocarbonyl (C=S) groups is 1. The van der Waals surface area contributed by atoms with Gasteiger partial charge in [-0.2, -0.15) is 0 Å². The van der Waals surface area contributed by atoms with Crippen LogP contribution in [-0.2, 0) is 0 Å². The smallest absolute Gasteiger partial charge is 0.336 e. The third-order valence-electron chi connectivity index (χ3n) is 4.84. The first-order valence-electron chi connectivity index (χ1n) is 8.82. The molecule has 2 aromatic carbocycles. The van der Waals surface area contributed by atoms with Gasteiger partial charge >= 0.3 is 5.97 Å². The largest absolute Gasteiger partial charge is 0.508 e. The van der Waals surface area contributed by atoms with E-state index in [2.05, 4.69) is 6.58 Å². The third kappa shape index (κ3) is 3.21. The average molecular weight is 417 g/mol. The van der Waals surface area contributed by atoms with E-state index in [0.717, 1.165) is 0 Å². The zero-order valence-electron chi connectivity index (χ0n) is 15.5. The van der Waals surface area contributed by atoms with E-state index in [-0.39, 0.29) is 27.5 Å². The molecule has 2 aliphatic rings. The molecule has 0 aromatic heterocycles. The van der Waals surface area contributed by atoms with E-state index in [0.29, 0.717) is 38.8 Å². The number of carboxylic acids is 1. The molecule has 148 valence electrons. The lowest BCUT2D eigenvalue weighted by molar-refractivity contribution is 0.0697. The second-order valence-electron chi connectivity index (χ2n) is 6.72. The van der Waals surface area contributed by atoms with Gasteiger partial charge < -0.3 is 20.4 Å². The van der Waals surface area contributed by atoms with Crippen LogP contribution < -0.4 is 11.2 Å². The summed E-state index contributed by atoms with van der Waals surface area (Å²) in [6, 6.07) is 13.6. The minimum absolute atomic E-state index is 0.0120. The van der Waals surface area contributed by atoms with Crippen molar-refractivity contribution in [2.24, 2.45) is 5.73 Å². The Labute approximate surface area is 175 Å². The molecule has 0 amide bonds. The van der Waals surface area contributed by atoms with Crippen LogP contribution in [0, 0.1) is 0 Å². The molecule has 0 bridgehead atoms. The number of hydrogen-bond donors (Lipinski definition) is 3. The van der Waals surface area contributed by atoms with E-state index < -0.39 is 5.97 Å². The quantitative estimate of drug-likeness (QED) is 0.258. The molecule has 0 fully saturated rings. The maximum absolute atomic E-state index is 12.1. The van der Waals surface area contributed by atoms with Crippen molar-refractivity contribution < 1.29 is 19.4 Å². The van der Waals surface area contributed by atoms with Crippen LogP contribution in [0.1, 0.15) is 15.9 Å². The van der Waals surface area contributed by atoms with Gasteiger partial charge in [-0.1, -0.05) is 30.9 Å². The Kier molecular flexibility index (Phi) is 4.60. The van der Waals surface area contributed by atoms with Crippen molar-refractivity contribution in [2.75, 3.05) is 0 Å². The zero-order chi connectivity index (χ0) is 21.6. The zero-order valence-corrected chi connectivity index (χ0v) is 16.3. The summed E-state index contributed by atoms with van der Waals surface area (Å²) in [7, 11) is 0. The van der Waals surface area contributed by atoms with Crippen molar-refractivity contribution in [1.29, 1.82) is 0 Å². The highest BCUT2D eigenvalue weighted by molar-refractivity contribution is 7.81. The molecule has 0 atom stereocenters. The molecule has 30 heavy (non-hydrogen) atoms. The summed E-state index contributed by atoms with van der Waals surface area (Å²) in [5.41, 5.74) is 8.12. The summed E-state index contributed by atoms with van der Waals surface area (Å²) >= 11 is 4.95. The highest BCUT2D eigenvalue weighted by Crippen LogP contribution is 2.42. The first kappa shape index (κ1) is 19.4. The van der Waals surface area contributed by atoms with E-state index in [1.54, 1.807) is 24.3 Å². The average Bonchev–Trinajstić information content (AvgIpc) is 2.70. The van der Waals surface area contributed by atoms with E-state index >= 15 is 0 Å². The van der Waals surface area contributed by atoms with Crippen LogP contribution in [-0.4, -0.2) is 21.2 Å². The van der Waals surface area contributed by atoms with Crippen LogP contribution in [0.25, 0.3) is 39.0 Å². The van der Waals surface area contributed by atoms with Crippen molar-refractivity contribution in [1.82, 2.24) is 0 Å². The number of aromatic carboxylic acids is 1. The van der Waals surface area contributed by atoms with E-state index in [9.17, 15) is 19.8 Å². The van der Waals surface area contributed by atoms with Crippen molar-refractivity contribution >= 4 is 39.7 Å². The van der Waals surface area contributed by atoms with Gasteiger partial charge in [-0.3, -0.25) is 4.79 Å². The lowest BCUT2D eigenvalue weighted by Crippen LogP contribution is -2.10. The summed E-state index contributed by atoms with van der Waals surface area (Å²) in [4.78, 5) is 24.0. The molecule has 0 spiro atoms. The predicted octanol–water partition coefficient (Wildman–Crippen LogP) is 4.27. The number of rotatable bonds is 4. The maximum atomic E-state index is 12.1. The van der Waals surface area contributed by atoms with Crippen LogP contribution in [0.2, 0.25) is 0 Å². The lowest BCUT2D eigenvalue weighted by Gasteiger charge is -2.17. The van der Waals surface area contributed by atoms with Crippen molar-refractivity contribution in [3.63, 3.8) is 0 Å². The number of hydrogen-bond acceptors (Lipinski definition) is 5. The normalized spacial score (nSPS) is 10.9. The Morgan fingerprint density at radius 1 is 1.03 bits per heavy atom. The van der Waals surface area contributed by atoms with Crippen molar-refractivity contribution in [3.05, 3.63) is 82.5 Å². The summed E-state index contributed by atoms with van der Waals surface area (Å²) in [5.74, 6) is -0.885. The number of fused-ring (bicyclic) bond motifs is 2. The van der Waals surface area contributed by atoms with E-state index in [1.807, 2.05) is 0 Å². The Morgan fingerprint density at radius 2 is 1.77 bits per heavy atom. The number of aromatic hydroxyl groups is 1. The van der Waals surface area contributed by atoms with Gasteiger partial charge in [0, 0.05) is 34.2 Å². The van der Waals surface area contributed by atoms with Crippen LogP contribution in [0.3, 0.4) is 0 Å². The molecular formula is C23H15NO5S. The molecule has 0 radical (unpaired) electrons. The topological polar surface area (TPSA) is 114 Å². The highest BCUT2D eigenvalue weighted by atomic mass is 32.1. The van der Waals surface area contributed by atoms with Crippen LogP contribution in [0.4, 0.5) is 0 Å². The molecule has 1 aliphatic carbocycles. The summed E-state index contributed by atoms with van der Waals surface area (Å²) in [6.07, 6.45) is 0. The van der Waals surface area contributed by atoms with Crippen LogP contribution >= 0.6 is 12.2 Å². The van der Waals surface area contributed by atoms with Gasteiger partial charge in [0.2, 0.25) is 0 Å². The number of phenolic OH excluding ortho intramolecular Hbond substituents is 1. The molecule has 4 N–H and O–H groups in total. The molecule has 0 saturated carbocycles. The molecule has 1 heterocycles. The highest BCUT2D eigenvalue weighted by Gasteiger charge is 2.22. The van der Waals surface area contributed by atoms with E-state index in [1.165, 1.54) is 30.3 Å². The fraction of sp³-hybridized carbons (Fsp3) is 0. The SMILES string of the molecule is C=C(C(N)=S)c1ccc(-c2c3ccc(=O)cc-3oc3cc(O)ccc23)c(C(=O)O)c1. The minimum atomic E-state index is -1.15. The summed E-state index contributed by atoms with van der Waals surface area (Å²) < 4.78 is 5.81. The predicted molar refractivity (Wildman–Crippen MR) is 119 cm³/mol. The fourth-order valence-electron chi connectivity index (χ4n) is 3.42. The van der Waals surface area contributed by atoms with Gasteiger partial charge in [0.1, 0.15) is 22.1 Å². The fourth-order valence-corrected chi connectivity index (χ4v) is 3.54. The molecule has 2 aromatic rings. The third-order valence-corrected chi connectivity index (χ3v) is 5.09. The van der Waals surface area contributed by atoms with Crippen molar-refractivity contribution in [3.8, 4) is 28.2 Å². The maximum Gasteiger partial charge on any atom is 0.336 e. The molecule has 6 nitrogen and oxygen atoms in total. The van der Waals surface area contributed by atoms with E-state index in [4.69, 9.17) is 22.4 Å². The first-order chi connectivity index (χ1) is 14.3. The number of carbonyl (C=O) groups is 1.